The first-order chi connectivity index (χ1) is 15.5. The van der Waals surface area contributed by atoms with Crippen LogP contribution in [0.15, 0.2) is 88.3 Å². The van der Waals surface area contributed by atoms with E-state index in [4.69, 9.17) is 4.42 Å². The Morgan fingerprint density at radius 1 is 0.938 bits per heavy atom. The Bertz CT molecular complexity index is 1310. The van der Waals surface area contributed by atoms with Gasteiger partial charge >= 0.3 is 0 Å². The number of pyridine rings is 1. The summed E-state index contributed by atoms with van der Waals surface area (Å²) in [6, 6.07) is 21.0. The highest BCUT2D eigenvalue weighted by Crippen LogP contribution is 2.16. The number of amides is 2. The molecule has 0 aliphatic heterocycles. The molecule has 0 fully saturated rings. The average molecular weight is 427 g/mol. The molecule has 0 atom stereocenters. The van der Waals surface area contributed by atoms with Gasteiger partial charge in [-0.3, -0.25) is 14.4 Å². The molecule has 4 aromatic rings. The van der Waals surface area contributed by atoms with Crippen LogP contribution < -0.4 is 16.2 Å². The molecular formula is C25H21N3O4. The number of furan rings is 1. The molecule has 2 heterocycles. The molecule has 2 aromatic heterocycles. The third kappa shape index (κ3) is 4.84. The highest BCUT2D eigenvalue weighted by Gasteiger charge is 2.12. The van der Waals surface area contributed by atoms with Crippen molar-refractivity contribution in [2.75, 3.05) is 5.32 Å². The highest BCUT2D eigenvalue weighted by molar-refractivity contribution is 6.04. The molecule has 0 unspecified atom stereocenters. The van der Waals surface area contributed by atoms with Crippen LogP contribution in [0.1, 0.15) is 31.8 Å². The number of aromatic amines is 1. The second kappa shape index (κ2) is 9.18. The Balaban J connectivity index is 1.40. The molecule has 7 nitrogen and oxygen atoms in total. The zero-order valence-electron chi connectivity index (χ0n) is 17.3. The molecule has 0 saturated carbocycles. The Kier molecular flexibility index (Phi) is 5.98. The predicted octanol–water partition coefficient (Wildman–Crippen LogP) is 4.13. The second-order valence-corrected chi connectivity index (χ2v) is 7.30. The Hall–Kier alpha value is -4.39. The van der Waals surface area contributed by atoms with Crippen molar-refractivity contribution in [1.82, 2.24) is 10.3 Å². The smallest absolute Gasteiger partial charge is 0.261 e. The number of anilines is 1. The Morgan fingerprint density at radius 2 is 1.75 bits per heavy atom. The monoisotopic (exact) mass is 427 g/mol. The lowest BCUT2D eigenvalue weighted by atomic mass is 10.1. The first kappa shape index (κ1) is 20.9. The summed E-state index contributed by atoms with van der Waals surface area (Å²) in [6.45, 7) is 2.16. The summed E-state index contributed by atoms with van der Waals surface area (Å²) in [4.78, 5) is 39.9. The number of carbonyl (C=O) groups is 2. The van der Waals surface area contributed by atoms with Gasteiger partial charge in [0.05, 0.1) is 12.0 Å². The Labute approximate surface area is 184 Å². The van der Waals surface area contributed by atoms with Crippen LogP contribution in [0.5, 0.6) is 0 Å². The molecule has 0 radical (unpaired) electrons. The lowest BCUT2D eigenvalue weighted by molar-refractivity contribution is 0.0948. The van der Waals surface area contributed by atoms with E-state index in [0.29, 0.717) is 22.7 Å². The van der Waals surface area contributed by atoms with Gasteiger partial charge in [-0.15, -0.1) is 0 Å². The number of H-pyrrole nitrogens is 1. The van der Waals surface area contributed by atoms with Crippen LogP contribution in [0.2, 0.25) is 0 Å². The summed E-state index contributed by atoms with van der Waals surface area (Å²) in [5, 5.41) is 5.58. The van der Waals surface area contributed by atoms with Crippen LogP contribution >= 0.6 is 0 Å². The molecular weight excluding hydrogens is 406 g/mol. The number of hydrogen-bond donors (Lipinski definition) is 3. The third-order valence-corrected chi connectivity index (χ3v) is 4.89. The number of carbonyl (C=O) groups excluding carboxylic acids is 2. The van der Waals surface area contributed by atoms with Crippen LogP contribution in [-0.2, 0) is 6.54 Å². The van der Waals surface area contributed by atoms with E-state index in [1.165, 1.54) is 12.3 Å². The normalized spacial score (nSPS) is 10.5. The maximum absolute atomic E-state index is 12.5. The van der Waals surface area contributed by atoms with E-state index in [0.717, 1.165) is 11.1 Å². The lowest BCUT2D eigenvalue weighted by Gasteiger charge is -2.09. The summed E-state index contributed by atoms with van der Waals surface area (Å²) >= 11 is 0. The van der Waals surface area contributed by atoms with Gasteiger partial charge in [-0.25, -0.2) is 0 Å². The molecule has 160 valence electrons. The van der Waals surface area contributed by atoms with Gasteiger partial charge in [-0.1, -0.05) is 29.8 Å². The van der Waals surface area contributed by atoms with E-state index in [-0.39, 0.29) is 18.0 Å². The summed E-state index contributed by atoms with van der Waals surface area (Å²) in [5.41, 5.74) is 3.03. The van der Waals surface area contributed by atoms with Crippen molar-refractivity contribution in [2.45, 2.75) is 13.5 Å². The van der Waals surface area contributed by atoms with E-state index in [1.807, 2.05) is 25.1 Å². The number of aromatic nitrogens is 1. The van der Waals surface area contributed by atoms with Crippen molar-refractivity contribution in [1.29, 1.82) is 0 Å². The summed E-state index contributed by atoms with van der Waals surface area (Å²) in [7, 11) is 0. The van der Waals surface area contributed by atoms with Gasteiger partial charge in [0.25, 0.3) is 17.4 Å². The fourth-order valence-electron chi connectivity index (χ4n) is 3.17. The molecule has 4 rings (SSSR count). The fourth-order valence-corrected chi connectivity index (χ4v) is 3.17. The molecule has 2 amide bonds. The lowest BCUT2D eigenvalue weighted by Crippen LogP contribution is -2.29. The minimum Gasteiger partial charge on any atom is -0.463 e. The maximum atomic E-state index is 12.5. The molecule has 0 aliphatic rings. The zero-order valence-corrected chi connectivity index (χ0v) is 17.3. The fraction of sp³-hybridized carbons (Fsp3) is 0.0800. The minimum absolute atomic E-state index is 0.00383. The van der Waals surface area contributed by atoms with Gasteiger partial charge in [0.15, 0.2) is 0 Å². The number of hydrogen-bond acceptors (Lipinski definition) is 4. The summed E-state index contributed by atoms with van der Waals surface area (Å²) in [5.74, 6) is -0.195. The van der Waals surface area contributed by atoms with Gasteiger partial charge in [0, 0.05) is 17.8 Å². The van der Waals surface area contributed by atoms with Crippen LogP contribution in [0.3, 0.4) is 0 Å². The van der Waals surface area contributed by atoms with Crippen LogP contribution in [0.4, 0.5) is 5.69 Å². The van der Waals surface area contributed by atoms with E-state index < -0.39 is 11.5 Å². The van der Waals surface area contributed by atoms with Crippen molar-refractivity contribution in [3.8, 4) is 11.5 Å². The zero-order chi connectivity index (χ0) is 22.5. The number of nitrogens with one attached hydrogen (secondary N) is 3. The van der Waals surface area contributed by atoms with E-state index in [9.17, 15) is 14.4 Å². The van der Waals surface area contributed by atoms with Crippen LogP contribution in [0, 0.1) is 6.92 Å². The number of rotatable bonds is 6. The highest BCUT2D eigenvalue weighted by atomic mass is 16.3. The standard InChI is InChI=1S/C25H21N3O4/c1-16-7-9-18(10-8-16)23(29)27-19-5-2-4-17(14-19)15-26-24(30)20-11-12-21(28-25(20)31)22-6-3-13-32-22/h2-14H,15H2,1H3,(H,26,30)(H,27,29)(H,28,31). The van der Waals surface area contributed by atoms with Gasteiger partial charge in [0.2, 0.25) is 0 Å². The molecule has 32 heavy (non-hydrogen) atoms. The summed E-state index contributed by atoms with van der Waals surface area (Å²) < 4.78 is 5.25. The van der Waals surface area contributed by atoms with Gasteiger partial charge < -0.3 is 20.0 Å². The topological polar surface area (TPSA) is 104 Å². The maximum Gasteiger partial charge on any atom is 0.261 e. The van der Waals surface area contributed by atoms with Gasteiger partial charge in [-0.05, 0) is 61.0 Å². The quantitative estimate of drug-likeness (QED) is 0.430. The average Bonchev–Trinajstić information content (AvgIpc) is 3.33. The predicted molar refractivity (Wildman–Crippen MR) is 122 cm³/mol. The first-order valence-electron chi connectivity index (χ1n) is 10.0. The molecule has 0 saturated heterocycles. The van der Waals surface area contributed by atoms with Crippen molar-refractivity contribution in [2.24, 2.45) is 0 Å². The largest absolute Gasteiger partial charge is 0.463 e. The molecule has 0 spiro atoms. The van der Waals surface area contributed by atoms with Gasteiger partial charge in [0.1, 0.15) is 11.3 Å². The number of aryl methyl sites for hydroxylation is 1. The van der Waals surface area contributed by atoms with Crippen LogP contribution in [-0.4, -0.2) is 16.8 Å². The molecule has 0 bridgehead atoms. The van der Waals surface area contributed by atoms with Crippen molar-refractivity contribution >= 4 is 17.5 Å². The Morgan fingerprint density at radius 3 is 2.47 bits per heavy atom. The van der Waals surface area contributed by atoms with Crippen molar-refractivity contribution in [3.63, 3.8) is 0 Å². The third-order valence-electron chi connectivity index (χ3n) is 4.89. The van der Waals surface area contributed by atoms with Crippen LogP contribution in [0.25, 0.3) is 11.5 Å². The first-order valence-corrected chi connectivity index (χ1v) is 10.0. The molecule has 7 heteroatoms. The summed E-state index contributed by atoms with van der Waals surface area (Å²) in [6.07, 6.45) is 1.51. The molecule has 2 aromatic carbocycles. The second-order valence-electron chi connectivity index (χ2n) is 7.30. The van der Waals surface area contributed by atoms with Crippen molar-refractivity contribution < 1.29 is 14.0 Å². The minimum atomic E-state index is -0.504. The SMILES string of the molecule is Cc1ccc(C(=O)Nc2cccc(CNC(=O)c3ccc(-c4ccco4)[nH]c3=O)c2)cc1. The van der Waals surface area contributed by atoms with Gasteiger partial charge in [-0.2, -0.15) is 0 Å². The van der Waals surface area contributed by atoms with E-state index >= 15 is 0 Å². The molecule has 0 aliphatic carbocycles. The van der Waals surface area contributed by atoms with E-state index in [2.05, 4.69) is 15.6 Å². The number of benzene rings is 2. The van der Waals surface area contributed by atoms with Crippen molar-refractivity contribution in [3.05, 3.63) is 112 Å². The van der Waals surface area contributed by atoms with E-state index in [1.54, 1.807) is 48.5 Å². The molecule has 3 N–H and O–H groups in total.